The SMILES string of the molecule is CN(C)[C@@H]1CCN(c2ccc(N3CC[C@@H](NC(=O)Nc4ccc(C(F)(F)F)cc4F)C3=O)c(F)c2F)C1. The fraction of sp³-hybridized carbons (Fsp3) is 0.417. The van der Waals surface area contributed by atoms with Crippen molar-refractivity contribution in [3.63, 3.8) is 0 Å². The van der Waals surface area contributed by atoms with Crippen LogP contribution in [0.15, 0.2) is 30.3 Å². The second-order valence-corrected chi connectivity index (χ2v) is 9.21. The zero-order chi connectivity index (χ0) is 27.1. The van der Waals surface area contributed by atoms with Gasteiger partial charge in [-0.15, -0.1) is 0 Å². The summed E-state index contributed by atoms with van der Waals surface area (Å²) in [5, 5.41) is 4.35. The van der Waals surface area contributed by atoms with Crippen molar-refractivity contribution in [2.75, 3.05) is 48.8 Å². The number of anilines is 3. The number of rotatable bonds is 5. The van der Waals surface area contributed by atoms with E-state index in [2.05, 4.69) is 10.6 Å². The quantitative estimate of drug-likeness (QED) is 0.571. The van der Waals surface area contributed by atoms with E-state index in [1.54, 1.807) is 4.90 Å². The lowest BCUT2D eigenvalue weighted by atomic mass is 10.2. The molecule has 200 valence electrons. The average Bonchev–Trinajstić information content (AvgIpc) is 3.44. The van der Waals surface area contributed by atoms with Gasteiger partial charge in [0.1, 0.15) is 11.9 Å². The number of hydrogen-bond donors (Lipinski definition) is 2. The number of alkyl halides is 3. The van der Waals surface area contributed by atoms with Gasteiger partial charge < -0.3 is 25.3 Å². The minimum Gasteiger partial charge on any atom is -0.367 e. The molecule has 0 aromatic heterocycles. The van der Waals surface area contributed by atoms with E-state index in [0.717, 1.165) is 17.4 Å². The van der Waals surface area contributed by atoms with Gasteiger partial charge in [-0.1, -0.05) is 0 Å². The molecule has 2 N–H and O–H groups in total. The zero-order valence-corrected chi connectivity index (χ0v) is 20.0. The van der Waals surface area contributed by atoms with E-state index in [1.807, 2.05) is 19.0 Å². The maximum atomic E-state index is 15.0. The monoisotopic (exact) mass is 529 g/mol. The highest BCUT2D eigenvalue weighted by atomic mass is 19.4. The summed E-state index contributed by atoms with van der Waals surface area (Å²) in [5.41, 5.74) is -1.91. The van der Waals surface area contributed by atoms with Crippen LogP contribution < -0.4 is 20.4 Å². The molecule has 2 atom stereocenters. The molecule has 0 radical (unpaired) electrons. The third kappa shape index (κ3) is 5.45. The summed E-state index contributed by atoms with van der Waals surface area (Å²) in [6, 6.07) is 2.36. The summed E-state index contributed by atoms with van der Waals surface area (Å²) in [5.74, 6) is -4.27. The maximum absolute atomic E-state index is 15.0. The molecule has 2 aromatic rings. The number of urea groups is 1. The van der Waals surface area contributed by atoms with Gasteiger partial charge in [0.05, 0.1) is 22.6 Å². The standard InChI is InChI=1S/C24H25F6N5O2/c1-33(2)14-7-9-34(12-14)18-5-6-19(21(27)20(18)26)35-10-8-17(22(35)36)32-23(37)31-16-4-3-13(11-15(16)25)24(28,29)30/h3-6,11,14,17H,7-10,12H2,1-2H3,(H2,31,32,37)/t14-,17-/m1/s1. The highest BCUT2D eigenvalue weighted by Crippen LogP contribution is 2.34. The summed E-state index contributed by atoms with van der Waals surface area (Å²) in [4.78, 5) is 29.8. The largest absolute Gasteiger partial charge is 0.416 e. The van der Waals surface area contributed by atoms with Gasteiger partial charge in [-0.05, 0) is 57.3 Å². The molecule has 0 spiro atoms. The minimum absolute atomic E-state index is 0.0133. The van der Waals surface area contributed by atoms with Crippen LogP contribution in [0.1, 0.15) is 18.4 Å². The van der Waals surface area contributed by atoms with Gasteiger partial charge in [-0.2, -0.15) is 13.2 Å². The van der Waals surface area contributed by atoms with Crippen LogP contribution in [-0.4, -0.2) is 62.7 Å². The maximum Gasteiger partial charge on any atom is 0.416 e. The van der Waals surface area contributed by atoms with E-state index in [9.17, 15) is 31.5 Å². The van der Waals surface area contributed by atoms with Crippen LogP contribution in [0.3, 0.4) is 0 Å². The highest BCUT2D eigenvalue weighted by molar-refractivity contribution is 6.02. The second-order valence-electron chi connectivity index (χ2n) is 9.21. The number of amides is 3. The molecule has 2 aliphatic rings. The number of likely N-dealkylation sites (N-methyl/N-ethyl adjacent to an activating group) is 1. The summed E-state index contributed by atoms with van der Waals surface area (Å²) < 4.78 is 82.0. The molecule has 7 nitrogen and oxygen atoms in total. The van der Waals surface area contributed by atoms with Crippen molar-refractivity contribution in [2.45, 2.75) is 31.1 Å². The van der Waals surface area contributed by atoms with E-state index >= 15 is 4.39 Å². The number of halogens is 6. The molecule has 0 unspecified atom stereocenters. The van der Waals surface area contributed by atoms with Crippen LogP contribution in [0.4, 0.5) is 48.2 Å². The molecule has 2 aromatic carbocycles. The van der Waals surface area contributed by atoms with Gasteiger partial charge in [0.15, 0.2) is 11.6 Å². The number of benzene rings is 2. The van der Waals surface area contributed by atoms with E-state index in [-0.39, 0.29) is 36.4 Å². The number of carbonyl (C=O) groups excluding carboxylic acids is 2. The summed E-state index contributed by atoms with van der Waals surface area (Å²) in [6.07, 6.45) is -3.90. The fourth-order valence-electron chi connectivity index (χ4n) is 4.53. The van der Waals surface area contributed by atoms with Gasteiger partial charge in [0, 0.05) is 25.7 Å². The minimum atomic E-state index is -4.75. The lowest BCUT2D eigenvalue weighted by Gasteiger charge is -2.24. The van der Waals surface area contributed by atoms with Gasteiger partial charge >= 0.3 is 12.2 Å². The van der Waals surface area contributed by atoms with E-state index in [1.165, 1.54) is 12.1 Å². The second kappa shape index (κ2) is 10.1. The summed E-state index contributed by atoms with van der Waals surface area (Å²) in [6.45, 7) is 1.08. The molecule has 3 amide bonds. The first-order chi connectivity index (χ1) is 17.4. The zero-order valence-electron chi connectivity index (χ0n) is 20.0. The molecular formula is C24H25F6N5O2. The van der Waals surface area contributed by atoms with Crippen LogP contribution in [0.5, 0.6) is 0 Å². The Balaban J connectivity index is 1.41. The van der Waals surface area contributed by atoms with Crippen LogP contribution >= 0.6 is 0 Å². The molecule has 2 saturated heterocycles. The number of carbonyl (C=O) groups is 2. The fourth-order valence-corrected chi connectivity index (χ4v) is 4.53. The van der Waals surface area contributed by atoms with Gasteiger partial charge in [-0.25, -0.2) is 18.0 Å². The Hall–Kier alpha value is -3.48. The molecule has 0 bridgehead atoms. The van der Waals surface area contributed by atoms with E-state index < -0.39 is 52.9 Å². The van der Waals surface area contributed by atoms with Crippen LogP contribution in [0, 0.1) is 17.5 Å². The first kappa shape index (κ1) is 26.6. The normalized spacial score (nSPS) is 20.2. The molecule has 2 heterocycles. The first-order valence-corrected chi connectivity index (χ1v) is 11.5. The average molecular weight is 529 g/mol. The summed E-state index contributed by atoms with van der Waals surface area (Å²) >= 11 is 0. The van der Waals surface area contributed by atoms with Crippen molar-refractivity contribution in [3.05, 3.63) is 53.3 Å². The van der Waals surface area contributed by atoms with E-state index in [0.29, 0.717) is 19.2 Å². The van der Waals surface area contributed by atoms with Gasteiger partial charge in [0.2, 0.25) is 5.91 Å². The highest BCUT2D eigenvalue weighted by Gasteiger charge is 2.37. The third-order valence-electron chi connectivity index (χ3n) is 6.62. The molecule has 2 aliphatic heterocycles. The number of hydrogen-bond acceptors (Lipinski definition) is 4. The van der Waals surface area contributed by atoms with Crippen LogP contribution in [0.2, 0.25) is 0 Å². The predicted molar refractivity (Wildman–Crippen MR) is 125 cm³/mol. The Morgan fingerprint density at radius 3 is 2.30 bits per heavy atom. The smallest absolute Gasteiger partial charge is 0.367 e. The molecule has 37 heavy (non-hydrogen) atoms. The van der Waals surface area contributed by atoms with Crippen molar-refractivity contribution in [1.29, 1.82) is 0 Å². The van der Waals surface area contributed by atoms with Gasteiger partial charge in [-0.3, -0.25) is 4.79 Å². The molecule has 2 fully saturated rings. The first-order valence-electron chi connectivity index (χ1n) is 11.5. The Bertz CT molecular complexity index is 1200. The van der Waals surface area contributed by atoms with Crippen LogP contribution in [-0.2, 0) is 11.0 Å². The van der Waals surface area contributed by atoms with Crippen molar-refractivity contribution in [1.82, 2.24) is 10.2 Å². The number of nitrogens with zero attached hydrogens (tertiary/aromatic N) is 3. The molecule has 13 heteroatoms. The third-order valence-corrected chi connectivity index (χ3v) is 6.62. The Labute approximate surface area is 209 Å². The molecule has 0 saturated carbocycles. The van der Waals surface area contributed by atoms with E-state index in [4.69, 9.17) is 0 Å². The molecule has 4 rings (SSSR count). The lowest BCUT2D eigenvalue weighted by molar-refractivity contribution is -0.137. The topological polar surface area (TPSA) is 67.9 Å². The van der Waals surface area contributed by atoms with Crippen molar-refractivity contribution in [3.8, 4) is 0 Å². The molecule has 0 aliphatic carbocycles. The van der Waals surface area contributed by atoms with Crippen molar-refractivity contribution < 1.29 is 35.9 Å². The lowest BCUT2D eigenvalue weighted by Crippen LogP contribution is -2.43. The summed E-state index contributed by atoms with van der Waals surface area (Å²) in [7, 11) is 3.83. The van der Waals surface area contributed by atoms with Crippen molar-refractivity contribution >= 4 is 29.0 Å². The predicted octanol–water partition coefficient (Wildman–Crippen LogP) is 4.19. The molecular weight excluding hydrogens is 504 g/mol. The Kier molecular flexibility index (Phi) is 7.27. The van der Waals surface area contributed by atoms with Crippen molar-refractivity contribution in [2.24, 2.45) is 0 Å². The number of nitrogens with one attached hydrogen (secondary N) is 2. The van der Waals surface area contributed by atoms with Gasteiger partial charge in [0.25, 0.3) is 0 Å². The Morgan fingerprint density at radius 2 is 1.68 bits per heavy atom. The van der Waals surface area contributed by atoms with Crippen LogP contribution in [0.25, 0.3) is 0 Å². The Morgan fingerprint density at radius 1 is 1.00 bits per heavy atom.